The van der Waals surface area contributed by atoms with Crippen LogP contribution < -0.4 is 10.5 Å². The summed E-state index contributed by atoms with van der Waals surface area (Å²) >= 11 is 2.96. The average Bonchev–Trinajstić information content (AvgIpc) is 2.42. The lowest BCUT2D eigenvalue weighted by Crippen LogP contribution is -2.16. The lowest BCUT2D eigenvalue weighted by Gasteiger charge is -2.12. The zero-order valence-corrected chi connectivity index (χ0v) is 13.0. The van der Waals surface area contributed by atoms with Crippen molar-refractivity contribution < 1.29 is 17.2 Å². The van der Waals surface area contributed by atoms with Crippen LogP contribution in [0.2, 0.25) is 0 Å². The fourth-order valence-electron chi connectivity index (χ4n) is 1.72. The molecule has 4 nitrogen and oxygen atoms in total. The predicted octanol–water partition coefficient (Wildman–Crippen LogP) is 2.99. The number of benzene rings is 2. The number of hydrogen-bond donors (Lipinski definition) is 2. The first-order valence-corrected chi connectivity index (χ1v) is 8.07. The number of rotatable bonds is 4. The van der Waals surface area contributed by atoms with Crippen molar-refractivity contribution in [3.05, 3.63) is 58.1 Å². The maximum Gasteiger partial charge on any atom is 0.262 e. The van der Waals surface area contributed by atoms with Crippen molar-refractivity contribution in [2.45, 2.75) is 11.4 Å². The van der Waals surface area contributed by atoms with Crippen LogP contribution in [0.4, 0.5) is 14.5 Å². The van der Waals surface area contributed by atoms with Crippen molar-refractivity contribution in [2.24, 2.45) is 5.73 Å². The largest absolute Gasteiger partial charge is 0.326 e. The van der Waals surface area contributed by atoms with Gasteiger partial charge in [-0.2, -0.15) is 0 Å². The molecule has 0 heterocycles. The van der Waals surface area contributed by atoms with Gasteiger partial charge in [-0.1, -0.05) is 6.07 Å². The van der Waals surface area contributed by atoms with Gasteiger partial charge in [0.25, 0.3) is 10.0 Å². The van der Waals surface area contributed by atoms with E-state index in [-0.39, 0.29) is 27.2 Å². The Labute approximate surface area is 129 Å². The van der Waals surface area contributed by atoms with E-state index >= 15 is 0 Å². The zero-order valence-electron chi connectivity index (χ0n) is 10.6. The summed E-state index contributed by atoms with van der Waals surface area (Å²) in [6, 6.07) is 6.98. The summed E-state index contributed by atoms with van der Waals surface area (Å²) in [7, 11) is -4.02. The van der Waals surface area contributed by atoms with E-state index in [0.29, 0.717) is 0 Å². The quantitative estimate of drug-likeness (QED) is 0.861. The summed E-state index contributed by atoms with van der Waals surface area (Å²) in [6.45, 7) is -0.0519. The topological polar surface area (TPSA) is 72.2 Å². The van der Waals surface area contributed by atoms with E-state index in [0.717, 1.165) is 18.2 Å². The monoisotopic (exact) mass is 376 g/mol. The molecule has 0 atom stereocenters. The van der Waals surface area contributed by atoms with Crippen molar-refractivity contribution in [1.29, 1.82) is 0 Å². The third-order valence-corrected chi connectivity index (χ3v) is 4.78. The normalized spacial score (nSPS) is 11.4. The first-order chi connectivity index (χ1) is 9.83. The summed E-state index contributed by atoms with van der Waals surface area (Å²) in [5.41, 5.74) is 5.89. The van der Waals surface area contributed by atoms with Crippen molar-refractivity contribution in [3.8, 4) is 0 Å². The van der Waals surface area contributed by atoms with Crippen LogP contribution in [0.5, 0.6) is 0 Å². The summed E-state index contributed by atoms with van der Waals surface area (Å²) < 4.78 is 53.4. The molecule has 2 rings (SSSR count). The minimum atomic E-state index is -4.02. The highest BCUT2D eigenvalue weighted by atomic mass is 79.9. The van der Waals surface area contributed by atoms with Crippen molar-refractivity contribution in [2.75, 3.05) is 4.72 Å². The Morgan fingerprint density at radius 2 is 1.86 bits per heavy atom. The highest BCUT2D eigenvalue weighted by molar-refractivity contribution is 9.10. The van der Waals surface area contributed by atoms with Gasteiger partial charge in [-0.05, 0) is 51.8 Å². The molecule has 0 saturated carbocycles. The Balaban J connectivity index is 2.42. The molecule has 2 aromatic carbocycles. The van der Waals surface area contributed by atoms with E-state index in [4.69, 9.17) is 5.73 Å². The van der Waals surface area contributed by atoms with Crippen LogP contribution in [0.15, 0.2) is 45.8 Å². The van der Waals surface area contributed by atoms with Gasteiger partial charge in [0.15, 0.2) is 0 Å². The molecule has 21 heavy (non-hydrogen) atoms. The SMILES string of the molecule is NCc1ccc(F)cc1S(=O)(=O)Nc1ccc(F)c(Br)c1. The third-order valence-electron chi connectivity index (χ3n) is 2.71. The Morgan fingerprint density at radius 1 is 1.14 bits per heavy atom. The van der Waals surface area contributed by atoms with Gasteiger partial charge in [-0.15, -0.1) is 0 Å². The summed E-state index contributed by atoms with van der Waals surface area (Å²) in [5.74, 6) is -1.21. The van der Waals surface area contributed by atoms with Crippen molar-refractivity contribution in [1.82, 2.24) is 0 Å². The number of halogens is 3. The maximum absolute atomic E-state index is 13.3. The van der Waals surface area contributed by atoms with E-state index < -0.39 is 21.7 Å². The van der Waals surface area contributed by atoms with Gasteiger partial charge in [-0.25, -0.2) is 17.2 Å². The average molecular weight is 377 g/mol. The molecule has 3 N–H and O–H groups in total. The molecule has 0 bridgehead atoms. The first kappa shape index (κ1) is 15.9. The lowest BCUT2D eigenvalue weighted by atomic mass is 10.2. The van der Waals surface area contributed by atoms with Gasteiger partial charge in [0.05, 0.1) is 15.1 Å². The second-order valence-electron chi connectivity index (χ2n) is 4.19. The zero-order chi connectivity index (χ0) is 15.6. The number of sulfonamides is 1. The van der Waals surface area contributed by atoms with Crippen LogP contribution in [-0.2, 0) is 16.6 Å². The molecule has 0 unspecified atom stereocenters. The van der Waals surface area contributed by atoms with Crippen LogP contribution in [0.3, 0.4) is 0 Å². The smallest absolute Gasteiger partial charge is 0.262 e. The van der Waals surface area contributed by atoms with E-state index in [2.05, 4.69) is 20.7 Å². The van der Waals surface area contributed by atoms with Crippen molar-refractivity contribution >= 4 is 31.6 Å². The molecule has 0 fully saturated rings. The summed E-state index contributed by atoms with van der Waals surface area (Å²) in [6.07, 6.45) is 0. The van der Waals surface area contributed by atoms with Crippen LogP contribution in [-0.4, -0.2) is 8.42 Å². The number of nitrogens with one attached hydrogen (secondary N) is 1. The van der Waals surface area contributed by atoms with Gasteiger partial charge in [-0.3, -0.25) is 4.72 Å². The van der Waals surface area contributed by atoms with E-state index in [1.54, 1.807) is 0 Å². The fraction of sp³-hybridized carbons (Fsp3) is 0.0769. The predicted molar refractivity (Wildman–Crippen MR) is 79.2 cm³/mol. The second kappa shape index (κ2) is 6.08. The summed E-state index contributed by atoms with van der Waals surface area (Å²) in [4.78, 5) is -0.245. The Bertz CT molecular complexity index is 782. The standard InChI is InChI=1S/C13H11BrF2N2O2S/c14-11-6-10(3-4-12(11)16)18-21(19,20)13-5-9(15)2-1-8(13)7-17/h1-6,18H,7,17H2. The number of anilines is 1. The molecule has 0 aliphatic heterocycles. The third kappa shape index (κ3) is 3.58. The van der Waals surface area contributed by atoms with Gasteiger partial charge < -0.3 is 5.73 Å². The van der Waals surface area contributed by atoms with Crippen LogP contribution in [0.1, 0.15) is 5.56 Å². The van der Waals surface area contributed by atoms with Gasteiger partial charge in [0, 0.05) is 6.54 Å². The summed E-state index contributed by atoms with van der Waals surface area (Å²) in [5, 5.41) is 0. The highest BCUT2D eigenvalue weighted by Crippen LogP contribution is 2.24. The van der Waals surface area contributed by atoms with E-state index in [1.165, 1.54) is 18.2 Å². The molecule has 0 aliphatic carbocycles. The highest BCUT2D eigenvalue weighted by Gasteiger charge is 2.19. The van der Waals surface area contributed by atoms with Crippen LogP contribution in [0, 0.1) is 11.6 Å². The van der Waals surface area contributed by atoms with E-state index in [9.17, 15) is 17.2 Å². The molecule has 0 aromatic heterocycles. The Hall–Kier alpha value is -1.51. The molecule has 2 aromatic rings. The van der Waals surface area contributed by atoms with Crippen molar-refractivity contribution in [3.63, 3.8) is 0 Å². The minimum absolute atomic E-state index is 0.0519. The Morgan fingerprint density at radius 3 is 2.48 bits per heavy atom. The van der Waals surface area contributed by atoms with Gasteiger partial charge >= 0.3 is 0 Å². The van der Waals surface area contributed by atoms with E-state index in [1.807, 2.05) is 0 Å². The minimum Gasteiger partial charge on any atom is -0.326 e. The fourth-order valence-corrected chi connectivity index (χ4v) is 3.41. The molecule has 0 spiro atoms. The Kier molecular flexibility index (Phi) is 4.60. The van der Waals surface area contributed by atoms with Crippen LogP contribution >= 0.6 is 15.9 Å². The molecular formula is C13H11BrF2N2O2S. The van der Waals surface area contributed by atoms with Gasteiger partial charge in [0.2, 0.25) is 0 Å². The molecule has 0 saturated heterocycles. The molecular weight excluding hydrogens is 366 g/mol. The molecule has 8 heteroatoms. The molecule has 112 valence electrons. The number of hydrogen-bond acceptors (Lipinski definition) is 3. The molecule has 0 amide bonds. The van der Waals surface area contributed by atoms with Gasteiger partial charge in [0.1, 0.15) is 11.6 Å². The molecule has 0 aliphatic rings. The van der Waals surface area contributed by atoms with Crippen LogP contribution in [0.25, 0.3) is 0 Å². The molecule has 0 radical (unpaired) electrons. The lowest BCUT2D eigenvalue weighted by molar-refractivity contribution is 0.593. The maximum atomic E-state index is 13.3. The number of nitrogens with two attached hydrogens (primary N) is 1. The first-order valence-electron chi connectivity index (χ1n) is 5.80. The second-order valence-corrected chi connectivity index (χ2v) is 6.70.